The summed E-state index contributed by atoms with van der Waals surface area (Å²) in [7, 11) is 0. The second-order valence-electron chi connectivity index (χ2n) is 6.68. The molecule has 1 aliphatic heterocycles. The first-order chi connectivity index (χ1) is 11.4. The first-order valence-corrected chi connectivity index (χ1v) is 8.96. The minimum Gasteiger partial charge on any atom is -0.369 e. The zero-order valence-electron chi connectivity index (χ0n) is 13.7. The van der Waals surface area contributed by atoms with Crippen molar-refractivity contribution in [1.82, 2.24) is 4.90 Å². The van der Waals surface area contributed by atoms with E-state index in [2.05, 4.69) is 53.4 Å². The Labute approximate surface area is 139 Å². The zero-order valence-corrected chi connectivity index (χ0v) is 13.7. The third kappa shape index (κ3) is 3.06. The summed E-state index contributed by atoms with van der Waals surface area (Å²) in [6, 6.07) is 17.3. The molecule has 1 fully saturated rings. The van der Waals surface area contributed by atoms with Gasteiger partial charge in [0.1, 0.15) is 6.10 Å². The van der Waals surface area contributed by atoms with Crippen LogP contribution in [-0.2, 0) is 4.74 Å². The van der Waals surface area contributed by atoms with Crippen molar-refractivity contribution in [2.45, 2.75) is 31.8 Å². The van der Waals surface area contributed by atoms with E-state index in [9.17, 15) is 0 Å². The largest absolute Gasteiger partial charge is 0.369 e. The summed E-state index contributed by atoms with van der Waals surface area (Å²) in [5, 5.41) is 0. The third-order valence-corrected chi connectivity index (χ3v) is 5.13. The number of rotatable bonds is 5. The lowest BCUT2D eigenvalue weighted by Crippen LogP contribution is -2.31. The maximum atomic E-state index is 6.32. The van der Waals surface area contributed by atoms with Crippen molar-refractivity contribution in [3.63, 3.8) is 0 Å². The van der Waals surface area contributed by atoms with E-state index >= 15 is 0 Å². The van der Waals surface area contributed by atoms with E-state index in [1.807, 2.05) is 0 Å². The number of nitrogens with zero attached hydrogens (tertiary/aromatic N) is 1. The Bertz CT molecular complexity index is 615. The number of ether oxygens (including phenoxy) is 1. The van der Waals surface area contributed by atoms with Crippen LogP contribution in [0.5, 0.6) is 0 Å². The minimum absolute atomic E-state index is 0.115. The number of hydrogen-bond donors (Lipinski definition) is 0. The molecule has 0 amide bonds. The van der Waals surface area contributed by atoms with Crippen LogP contribution in [-0.4, -0.2) is 31.1 Å². The van der Waals surface area contributed by atoms with Gasteiger partial charge in [0.2, 0.25) is 0 Å². The summed E-state index contributed by atoms with van der Waals surface area (Å²) in [5.74, 6) is 0. The van der Waals surface area contributed by atoms with Crippen LogP contribution >= 0.6 is 0 Å². The SMILES string of the molecule is c1ccc2c(c1)-c1ccccc1C2OCCCN1CCCCC1. The lowest BCUT2D eigenvalue weighted by molar-refractivity contribution is 0.0725. The molecule has 2 aromatic rings. The number of benzene rings is 2. The van der Waals surface area contributed by atoms with E-state index in [0.717, 1.165) is 13.0 Å². The quantitative estimate of drug-likeness (QED) is 0.746. The number of piperidine rings is 1. The highest BCUT2D eigenvalue weighted by molar-refractivity contribution is 5.77. The van der Waals surface area contributed by atoms with Crippen molar-refractivity contribution < 1.29 is 4.74 Å². The fourth-order valence-electron chi connectivity index (χ4n) is 3.96. The molecule has 0 aromatic heterocycles. The first-order valence-electron chi connectivity index (χ1n) is 8.96. The minimum atomic E-state index is 0.115. The monoisotopic (exact) mass is 307 g/mol. The molecule has 23 heavy (non-hydrogen) atoms. The molecule has 1 heterocycles. The first kappa shape index (κ1) is 14.9. The fourth-order valence-corrected chi connectivity index (χ4v) is 3.96. The molecule has 120 valence electrons. The summed E-state index contributed by atoms with van der Waals surface area (Å²) in [6.07, 6.45) is 5.38. The van der Waals surface area contributed by atoms with Gasteiger partial charge in [-0.2, -0.15) is 0 Å². The van der Waals surface area contributed by atoms with Crippen LogP contribution in [0, 0.1) is 0 Å². The molecule has 2 aliphatic rings. The highest BCUT2D eigenvalue weighted by Crippen LogP contribution is 2.44. The normalized spacial score (nSPS) is 17.9. The summed E-state index contributed by atoms with van der Waals surface area (Å²) in [6.45, 7) is 4.56. The number of likely N-dealkylation sites (tertiary alicyclic amines) is 1. The van der Waals surface area contributed by atoms with Gasteiger partial charge in [-0.1, -0.05) is 55.0 Å². The molecule has 0 bridgehead atoms. The molecule has 1 saturated heterocycles. The van der Waals surface area contributed by atoms with Crippen LogP contribution in [0.25, 0.3) is 11.1 Å². The standard InChI is InChI=1S/C21H25NO/c1-6-13-22(14-7-1)15-8-16-23-21-19-11-4-2-9-17(19)18-10-3-5-12-20(18)21/h2-5,9-12,21H,1,6-8,13-16H2. The van der Waals surface area contributed by atoms with E-state index in [4.69, 9.17) is 4.74 Å². The molecular formula is C21H25NO. The summed E-state index contributed by atoms with van der Waals surface area (Å²) < 4.78 is 6.32. The van der Waals surface area contributed by atoms with Crippen LogP contribution in [0.4, 0.5) is 0 Å². The zero-order chi connectivity index (χ0) is 15.5. The molecule has 4 rings (SSSR count). The van der Waals surface area contributed by atoms with E-state index in [0.29, 0.717) is 0 Å². The fraction of sp³-hybridized carbons (Fsp3) is 0.429. The van der Waals surface area contributed by atoms with Gasteiger partial charge < -0.3 is 9.64 Å². The number of fused-ring (bicyclic) bond motifs is 3. The lowest BCUT2D eigenvalue weighted by Gasteiger charge is -2.26. The van der Waals surface area contributed by atoms with Crippen LogP contribution in [0.3, 0.4) is 0 Å². The highest BCUT2D eigenvalue weighted by atomic mass is 16.5. The predicted octanol–water partition coefficient (Wildman–Crippen LogP) is 4.65. The van der Waals surface area contributed by atoms with Gasteiger partial charge in [0.15, 0.2) is 0 Å². The van der Waals surface area contributed by atoms with E-state index in [1.54, 1.807) is 0 Å². The van der Waals surface area contributed by atoms with Crippen molar-refractivity contribution in [1.29, 1.82) is 0 Å². The van der Waals surface area contributed by atoms with Crippen molar-refractivity contribution in [2.75, 3.05) is 26.2 Å². The van der Waals surface area contributed by atoms with Crippen LogP contribution in [0.1, 0.15) is 42.9 Å². The molecule has 0 radical (unpaired) electrons. The van der Waals surface area contributed by atoms with Crippen LogP contribution in [0.15, 0.2) is 48.5 Å². The van der Waals surface area contributed by atoms with Gasteiger partial charge in [-0.25, -0.2) is 0 Å². The molecule has 0 saturated carbocycles. The molecule has 0 atom stereocenters. The van der Waals surface area contributed by atoms with Crippen molar-refractivity contribution in [2.24, 2.45) is 0 Å². The summed E-state index contributed by atoms with van der Waals surface area (Å²) >= 11 is 0. The Balaban J connectivity index is 1.40. The molecule has 1 aliphatic carbocycles. The molecule has 0 N–H and O–H groups in total. The van der Waals surface area contributed by atoms with Crippen LogP contribution < -0.4 is 0 Å². The summed E-state index contributed by atoms with van der Waals surface area (Å²) in [4.78, 5) is 2.59. The lowest BCUT2D eigenvalue weighted by atomic mass is 10.1. The van der Waals surface area contributed by atoms with Gasteiger partial charge in [0.25, 0.3) is 0 Å². The second-order valence-corrected chi connectivity index (χ2v) is 6.68. The average Bonchev–Trinajstić information content (AvgIpc) is 2.94. The number of hydrogen-bond acceptors (Lipinski definition) is 2. The second kappa shape index (κ2) is 6.86. The smallest absolute Gasteiger partial charge is 0.109 e. The predicted molar refractivity (Wildman–Crippen MR) is 94.6 cm³/mol. The van der Waals surface area contributed by atoms with Crippen molar-refractivity contribution >= 4 is 0 Å². The average molecular weight is 307 g/mol. The van der Waals surface area contributed by atoms with Gasteiger partial charge in [-0.15, -0.1) is 0 Å². The highest BCUT2D eigenvalue weighted by Gasteiger charge is 2.28. The molecule has 2 nitrogen and oxygen atoms in total. The van der Waals surface area contributed by atoms with Gasteiger partial charge in [-0.05, 0) is 54.6 Å². The van der Waals surface area contributed by atoms with Gasteiger partial charge in [0, 0.05) is 13.2 Å². The molecular weight excluding hydrogens is 282 g/mol. The van der Waals surface area contributed by atoms with Gasteiger partial charge in [-0.3, -0.25) is 0 Å². The molecule has 2 aromatic carbocycles. The van der Waals surface area contributed by atoms with Crippen molar-refractivity contribution in [3.8, 4) is 11.1 Å². The van der Waals surface area contributed by atoms with E-state index in [-0.39, 0.29) is 6.10 Å². The summed E-state index contributed by atoms with van der Waals surface area (Å²) in [5.41, 5.74) is 5.33. The third-order valence-electron chi connectivity index (χ3n) is 5.13. The Morgan fingerprint density at radius 1 is 0.826 bits per heavy atom. The Morgan fingerprint density at radius 3 is 2.09 bits per heavy atom. The maximum Gasteiger partial charge on any atom is 0.109 e. The van der Waals surface area contributed by atoms with Gasteiger partial charge in [0.05, 0.1) is 0 Å². The van der Waals surface area contributed by atoms with Crippen molar-refractivity contribution in [3.05, 3.63) is 59.7 Å². The van der Waals surface area contributed by atoms with E-state index in [1.165, 1.54) is 61.2 Å². The maximum absolute atomic E-state index is 6.32. The molecule has 2 heteroatoms. The Morgan fingerprint density at radius 2 is 1.43 bits per heavy atom. The van der Waals surface area contributed by atoms with E-state index < -0.39 is 0 Å². The van der Waals surface area contributed by atoms with Crippen LogP contribution in [0.2, 0.25) is 0 Å². The Hall–Kier alpha value is -1.64. The molecule has 0 spiro atoms. The molecule has 0 unspecified atom stereocenters. The Kier molecular flexibility index (Phi) is 4.45. The van der Waals surface area contributed by atoms with Gasteiger partial charge >= 0.3 is 0 Å². The topological polar surface area (TPSA) is 12.5 Å².